The number of carbonyl (C=O) groups is 1. The fraction of sp³-hybridized carbons (Fsp3) is 0.318. The fourth-order valence-electron chi connectivity index (χ4n) is 4.13. The summed E-state index contributed by atoms with van der Waals surface area (Å²) in [7, 11) is 0. The number of hydrogen-bond acceptors (Lipinski definition) is 5. The zero-order valence-electron chi connectivity index (χ0n) is 16.1. The van der Waals surface area contributed by atoms with E-state index in [9.17, 15) is 18.0 Å². The highest BCUT2D eigenvalue weighted by molar-refractivity contribution is 9.10. The van der Waals surface area contributed by atoms with Crippen LogP contribution >= 0.6 is 15.9 Å². The Bertz CT molecular complexity index is 1070. The van der Waals surface area contributed by atoms with Gasteiger partial charge in [0.25, 0.3) is 0 Å². The van der Waals surface area contributed by atoms with Crippen molar-refractivity contribution in [1.82, 2.24) is 0 Å². The number of rotatable bonds is 2. The summed E-state index contributed by atoms with van der Waals surface area (Å²) in [4.78, 5) is 24.0. The van der Waals surface area contributed by atoms with Gasteiger partial charge in [-0.3, -0.25) is 0 Å². The van der Waals surface area contributed by atoms with Crippen LogP contribution in [0.3, 0.4) is 0 Å². The van der Waals surface area contributed by atoms with Crippen LogP contribution in [0.15, 0.2) is 64.7 Å². The molecule has 4 atom stereocenters. The second-order valence-electron chi connectivity index (χ2n) is 7.93. The lowest BCUT2D eigenvalue weighted by Crippen LogP contribution is -2.61. The number of hydrogen-bond donors (Lipinski definition) is 0. The Balaban J connectivity index is 1.48. The van der Waals surface area contributed by atoms with E-state index in [0.717, 1.165) is 22.2 Å². The molecular weight excluding hydrogens is 481 g/mol. The Morgan fingerprint density at radius 2 is 1.65 bits per heavy atom. The van der Waals surface area contributed by atoms with Crippen molar-refractivity contribution in [2.24, 2.45) is 0 Å². The van der Waals surface area contributed by atoms with Gasteiger partial charge in [-0.1, -0.05) is 40.2 Å². The summed E-state index contributed by atoms with van der Waals surface area (Å²) in [6, 6.07) is 12.0. The maximum absolute atomic E-state index is 12.9. The fourth-order valence-corrected chi connectivity index (χ4v) is 4.39. The Hall–Kier alpha value is -2.20. The van der Waals surface area contributed by atoms with Crippen LogP contribution in [0.5, 0.6) is 0 Å². The largest absolute Gasteiger partial charge is 0.454 e. The van der Waals surface area contributed by atoms with Gasteiger partial charge < -0.3 is 9.47 Å². The lowest BCUT2D eigenvalue weighted by molar-refractivity contribution is -0.523. The summed E-state index contributed by atoms with van der Waals surface area (Å²) in [6.45, 7) is 1.74. The van der Waals surface area contributed by atoms with Crippen molar-refractivity contribution < 1.29 is 37.2 Å². The van der Waals surface area contributed by atoms with Gasteiger partial charge in [-0.25, -0.2) is 9.68 Å². The highest BCUT2D eigenvalue weighted by Gasteiger charge is 2.63. The van der Waals surface area contributed by atoms with E-state index in [1.165, 1.54) is 12.1 Å². The van der Waals surface area contributed by atoms with Gasteiger partial charge in [-0.05, 0) is 48.4 Å². The molecule has 2 aromatic rings. The molecule has 2 saturated heterocycles. The average molecular weight is 497 g/mol. The van der Waals surface area contributed by atoms with Crippen molar-refractivity contribution in [3.63, 3.8) is 0 Å². The van der Waals surface area contributed by atoms with Gasteiger partial charge in [0.2, 0.25) is 5.79 Å². The lowest BCUT2D eigenvalue weighted by atomic mass is 9.81. The average Bonchev–Trinajstić information content (AvgIpc) is 2.73. The molecule has 0 radical (unpaired) electrons. The van der Waals surface area contributed by atoms with Crippen LogP contribution in [0, 0.1) is 0 Å². The summed E-state index contributed by atoms with van der Waals surface area (Å²) >= 11 is 3.40. The molecular formula is C22H16BrF3O5. The third kappa shape index (κ3) is 3.40. The van der Waals surface area contributed by atoms with Gasteiger partial charge in [0.15, 0.2) is 5.60 Å². The van der Waals surface area contributed by atoms with Gasteiger partial charge >= 0.3 is 12.1 Å². The van der Waals surface area contributed by atoms with Gasteiger partial charge in [-0.15, -0.1) is 0 Å². The normalized spacial score (nSPS) is 32.3. The van der Waals surface area contributed by atoms with Crippen molar-refractivity contribution >= 4 is 21.9 Å². The number of cyclic esters (lactones) is 1. The third-order valence-electron chi connectivity index (χ3n) is 5.73. The summed E-state index contributed by atoms with van der Waals surface area (Å²) in [5.74, 6) is -2.17. The van der Waals surface area contributed by atoms with Crippen LogP contribution < -0.4 is 0 Å². The van der Waals surface area contributed by atoms with Crippen molar-refractivity contribution in [2.45, 2.75) is 43.1 Å². The predicted molar refractivity (Wildman–Crippen MR) is 104 cm³/mol. The van der Waals surface area contributed by atoms with Gasteiger partial charge in [0.1, 0.15) is 12.2 Å². The number of halogens is 4. The van der Waals surface area contributed by atoms with E-state index in [0.29, 0.717) is 5.56 Å². The second-order valence-corrected chi connectivity index (χ2v) is 8.84. The summed E-state index contributed by atoms with van der Waals surface area (Å²) < 4.78 is 51.3. The maximum Gasteiger partial charge on any atom is 0.416 e. The molecule has 4 aliphatic heterocycles. The predicted octanol–water partition coefficient (Wildman–Crippen LogP) is 5.57. The molecule has 2 bridgehead atoms. The van der Waals surface area contributed by atoms with E-state index >= 15 is 0 Å². The Labute approximate surface area is 183 Å². The Morgan fingerprint density at radius 3 is 2.29 bits per heavy atom. The van der Waals surface area contributed by atoms with E-state index in [1.807, 2.05) is 24.3 Å². The summed E-state index contributed by atoms with van der Waals surface area (Å²) in [5.41, 5.74) is -0.410. The molecule has 4 aliphatic rings. The summed E-state index contributed by atoms with van der Waals surface area (Å²) in [5, 5.41) is 0. The van der Waals surface area contributed by atoms with Crippen molar-refractivity contribution in [3.8, 4) is 0 Å². The summed E-state index contributed by atoms with van der Waals surface area (Å²) in [6.07, 6.45) is -4.18. The maximum atomic E-state index is 12.9. The van der Waals surface area contributed by atoms with E-state index in [4.69, 9.17) is 19.2 Å². The highest BCUT2D eigenvalue weighted by atomic mass is 79.9. The molecule has 2 aromatic carbocycles. The smallest absolute Gasteiger partial charge is 0.416 e. The SMILES string of the molecule is C[C@]12C=C3C(=O)OC(c4ccc(C(F)(F)F)cc4)C[C@@]3(OO1)OC2c1ccc(Br)cc1. The molecule has 2 fully saturated rings. The van der Waals surface area contributed by atoms with Crippen LogP contribution in [-0.2, 0) is 30.2 Å². The molecule has 6 rings (SSSR count). The van der Waals surface area contributed by atoms with E-state index < -0.39 is 41.3 Å². The highest BCUT2D eigenvalue weighted by Crippen LogP contribution is 2.55. The van der Waals surface area contributed by atoms with E-state index in [-0.39, 0.29) is 12.0 Å². The minimum Gasteiger partial charge on any atom is -0.454 e. The van der Waals surface area contributed by atoms with Crippen LogP contribution in [0.2, 0.25) is 0 Å². The molecule has 0 aromatic heterocycles. The van der Waals surface area contributed by atoms with Crippen LogP contribution in [0.4, 0.5) is 13.2 Å². The topological polar surface area (TPSA) is 54.0 Å². The first-order valence-corrected chi connectivity index (χ1v) is 10.3. The van der Waals surface area contributed by atoms with Gasteiger partial charge in [0, 0.05) is 4.47 Å². The molecule has 0 amide bonds. The molecule has 162 valence electrons. The first-order valence-electron chi connectivity index (χ1n) is 9.51. The Kier molecular flexibility index (Phi) is 4.60. The molecule has 5 nitrogen and oxygen atoms in total. The first-order chi connectivity index (χ1) is 14.6. The zero-order valence-corrected chi connectivity index (χ0v) is 17.7. The second kappa shape index (κ2) is 6.90. The van der Waals surface area contributed by atoms with Crippen LogP contribution in [0.25, 0.3) is 0 Å². The number of carbonyl (C=O) groups excluding carboxylic acids is 1. The van der Waals surface area contributed by atoms with Gasteiger partial charge in [0.05, 0.1) is 17.6 Å². The van der Waals surface area contributed by atoms with Crippen molar-refractivity contribution in [1.29, 1.82) is 0 Å². The molecule has 2 unspecified atom stereocenters. The molecule has 0 N–H and O–H groups in total. The number of fused-ring (bicyclic) bond motifs is 2. The monoisotopic (exact) mass is 496 g/mol. The molecule has 0 saturated carbocycles. The molecule has 0 aliphatic carbocycles. The molecule has 31 heavy (non-hydrogen) atoms. The number of ether oxygens (including phenoxy) is 2. The Morgan fingerprint density at radius 1 is 1.00 bits per heavy atom. The molecule has 9 heteroatoms. The zero-order chi connectivity index (χ0) is 22.0. The standard InChI is InChI=1S/C22H16BrF3O5/c1-20-10-16-19(27)28-17(12-2-6-14(7-3-12)22(24,25)26)11-21(16,31-30-20)29-18(20)13-4-8-15(23)9-5-13/h2-10,17-18H,11H2,1H3/t17?,18?,20-,21+/m1/s1. The lowest BCUT2D eigenvalue weighted by Gasteiger charge is -2.54. The van der Waals surface area contributed by atoms with Crippen molar-refractivity contribution in [3.05, 3.63) is 81.3 Å². The number of esters is 1. The van der Waals surface area contributed by atoms with E-state index in [2.05, 4.69) is 15.9 Å². The number of alkyl halides is 3. The number of benzene rings is 2. The minimum absolute atomic E-state index is 0.0407. The first kappa shape index (κ1) is 20.7. The molecule has 4 heterocycles. The van der Waals surface area contributed by atoms with E-state index in [1.54, 1.807) is 13.0 Å². The minimum atomic E-state index is -4.45. The molecule has 1 spiro atoms. The van der Waals surface area contributed by atoms with Crippen LogP contribution in [0.1, 0.15) is 42.2 Å². The quantitative estimate of drug-likeness (QED) is 0.401. The van der Waals surface area contributed by atoms with Crippen molar-refractivity contribution in [2.75, 3.05) is 0 Å². The third-order valence-corrected chi connectivity index (χ3v) is 6.26. The van der Waals surface area contributed by atoms with Gasteiger partial charge in [-0.2, -0.15) is 18.1 Å². The van der Waals surface area contributed by atoms with Crippen LogP contribution in [-0.4, -0.2) is 17.4 Å².